The molecule has 0 atom stereocenters. The molecule has 0 aromatic heterocycles. The van der Waals surface area contributed by atoms with E-state index in [4.69, 9.17) is 22.5 Å². The molecule has 0 bridgehead atoms. The normalized spacial score (nSPS) is 20.2. The lowest BCUT2D eigenvalue weighted by molar-refractivity contribution is 0.256. The molecule has 0 saturated carbocycles. The molecule has 1 aliphatic rings. The van der Waals surface area contributed by atoms with Crippen LogP contribution in [0.15, 0.2) is 23.4 Å². The van der Waals surface area contributed by atoms with Crippen LogP contribution in [0.25, 0.3) is 0 Å². The topological polar surface area (TPSA) is 61.8 Å². The molecule has 1 aliphatic heterocycles. The van der Waals surface area contributed by atoms with E-state index in [1.807, 2.05) is 12.1 Å². The highest BCUT2D eigenvalue weighted by molar-refractivity contribution is 6.31. The lowest BCUT2D eigenvalue weighted by atomic mass is 9.85. The van der Waals surface area contributed by atoms with E-state index in [9.17, 15) is 0 Å². The second-order valence-electron chi connectivity index (χ2n) is 6.59. The van der Waals surface area contributed by atoms with Crippen LogP contribution in [-0.2, 0) is 6.54 Å². The molecule has 1 fully saturated rings. The Bertz CT molecular complexity index is 528. The SMILES string of the molecule is CC1(C)CCCN(Cc2ccc(/C(N)=N/O)cc2Cl)CC1. The predicted molar refractivity (Wildman–Crippen MR) is 86.9 cm³/mol. The third-order valence-electron chi connectivity index (χ3n) is 4.28. The van der Waals surface area contributed by atoms with Gasteiger partial charge in [-0.05, 0) is 49.4 Å². The van der Waals surface area contributed by atoms with Crippen molar-refractivity contribution in [2.45, 2.75) is 39.7 Å². The van der Waals surface area contributed by atoms with Crippen LogP contribution >= 0.6 is 11.6 Å². The largest absolute Gasteiger partial charge is 0.409 e. The second-order valence-corrected chi connectivity index (χ2v) is 6.99. The number of likely N-dealkylation sites (tertiary alicyclic amines) is 1. The van der Waals surface area contributed by atoms with Crippen LogP contribution < -0.4 is 5.73 Å². The van der Waals surface area contributed by atoms with E-state index in [1.165, 1.54) is 19.3 Å². The number of oxime groups is 1. The zero-order chi connectivity index (χ0) is 15.5. The van der Waals surface area contributed by atoms with Gasteiger partial charge in [0.15, 0.2) is 5.84 Å². The van der Waals surface area contributed by atoms with E-state index >= 15 is 0 Å². The summed E-state index contributed by atoms with van der Waals surface area (Å²) in [5.74, 6) is 0.0833. The monoisotopic (exact) mass is 309 g/mol. The summed E-state index contributed by atoms with van der Waals surface area (Å²) in [5.41, 5.74) is 7.75. The van der Waals surface area contributed by atoms with Gasteiger partial charge < -0.3 is 10.9 Å². The van der Waals surface area contributed by atoms with Crippen LogP contribution in [0.4, 0.5) is 0 Å². The summed E-state index contributed by atoms with van der Waals surface area (Å²) in [4.78, 5) is 2.46. The molecule has 5 heteroatoms. The van der Waals surface area contributed by atoms with Crippen molar-refractivity contribution in [2.75, 3.05) is 13.1 Å². The molecule has 0 unspecified atom stereocenters. The van der Waals surface area contributed by atoms with Crippen molar-refractivity contribution in [3.63, 3.8) is 0 Å². The smallest absolute Gasteiger partial charge is 0.170 e. The van der Waals surface area contributed by atoms with Crippen LogP contribution in [0.3, 0.4) is 0 Å². The first-order valence-electron chi connectivity index (χ1n) is 7.40. The fourth-order valence-corrected chi connectivity index (χ4v) is 3.01. The summed E-state index contributed by atoms with van der Waals surface area (Å²) in [5, 5.41) is 12.4. The van der Waals surface area contributed by atoms with E-state index in [-0.39, 0.29) is 5.84 Å². The van der Waals surface area contributed by atoms with E-state index < -0.39 is 0 Å². The molecule has 21 heavy (non-hydrogen) atoms. The van der Waals surface area contributed by atoms with Crippen LogP contribution in [0.2, 0.25) is 5.02 Å². The van der Waals surface area contributed by atoms with Gasteiger partial charge >= 0.3 is 0 Å². The Morgan fingerprint density at radius 3 is 2.81 bits per heavy atom. The van der Waals surface area contributed by atoms with Crippen LogP contribution in [0, 0.1) is 5.41 Å². The van der Waals surface area contributed by atoms with E-state index in [0.717, 1.165) is 25.2 Å². The van der Waals surface area contributed by atoms with Gasteiger partial charge in [0.1, 0.15) is 0 Å². The first-order valence-corrected chi connectivity index (χ1v) is 7.78. The fourth-order valence-electron chi connectivity index (χ4n) is 2.77. The minimum absolute atomic E-state index is 0.0833. The van der Waals surface area contributed by atoms with E-state index in [1.54, 1.807) is 6.07 Å². The molecule has 1 saturated heterocycles. The summed E-state index contributed by atoms with van der Waals surface area (Å²) >= 11 is 6.33. The summed E-state index contributed by atoms with van der Waals surface area (Å²) in [6, 6.07) is 5.57. The molecule has 0 amide bonds. The Kier molecular flexibility index (Phi) is 5.12. The molecule has 0 aliphatic carbocycles. The number of nitrogens with two attached hydrogens (primary N) is 1. The third-order valence-corrected chi connectivity index (χ3v) is 4.64. The Morgan fingerprint density at radius 2 is 2.14 bits per heavy atom. The van der Waals surface area contributed by atoms with E-state index in [2.05, 4.69) is 23.9 Å². The highest BCUT2D eigenvalue weighted by Crippen LogP contribution is 2.30. The molecular formula is C16H24ClN3O. The van der Waals surface area contributed by atoms with Gasteiger partial charge in [0, 0.05) is 17.1 Å². The van der Waals surface area contributed by atoms with Gasteiger partial charge in [0.25, 0.3) is 0 Å². The fraction of sp³-hybridized carbons (Fsp3) is 0.562. The zero-order valence-electron chi connectivity index (χ0n) is 12.8. The quantitative estimate of drug-likeness (QED) is 0.389. The van der Waals surface area contributed by atoms with Crippen LogP contribution in [0.5, 0.6) is 0 Å². The van der Waals surface area contributed by atoms with Gasteiger partial charge in [-0.15, -0.1) is 0 Å². The molecule has 1 heterocycles. The summed E-state index contributed by atoms with van der Waals surface area (Å²) in [6.07, 6.45) is 3.72. The van der Waals surface area contributed by atoms with Gasteiger partial charge in [-0.3, -0.25) is 4.90 Å². The number of hydrogen-bond donors (Lipinski definition) is 2. The maximum absolute atomic E-state index is 8.70. The standard InChI is InChI=1S/C16H24ClN3O/c1-16(2)6-3-8-20(9-7-16)11-13-5-4-12(10-14(13)17)15(18)19-21/h4-5,10,21H,3,6-9,11H2,1-2H3,(H2,18,19). The molecule has 116 valence electrons. The lowest BCUT2D eigenvalue weighted by Gasteiger charge is -2.23. The molecule has 3 N–H and O–H groups in total. The molecule has 1 aromatic carbocycles. The van der Waals surface area contributed by atoms with Gasteiger partial charge in [-0.1, -0.05) is 42.7 Å². The number of hydrogen-bond acceptors (Lipinski definition) is 3. The molecule has 2 rings (SSSR count). The number of halogens is 1. The average Bonchev–Trinajstić information content (AvgIpc) is 2.61. The summed E-state index contributed by atoms with van der Waals surface area (Å²) < 4.78 is 0. The highest BCUT2D eigenvalue weighted by Gasteiger charge is 2.23. The minimum atomic E-state index is 0.0833. The average molecular weight is 310 g/mol. The van der Waals surface area contributed by atoms with Gasteiger partial charge in [0.05, 0.1) is 0 Å². The van der Waals surface area contributed by atoms with Crippen molar-refractivity contribution < 1.29 is 5.21 Å². The lowest BCUT2D eigenvalue weighted by Crippen LogP contribution is -2.25. The summed E-state index contributed by atoms with van der Waals surface area (Å²) in [6.45, 7) is 7.75. The van der Waals surface area contributed by atoms with Gasteiger partial charge in [0.2, 0.25) is 0 Å². The number of benzene rings is 1. The highest BCUT2D eigenvalue weighted by atomic mass is 35.5. The zero-order valence-corrected chi connectivity index (χ0v) is 13.5. The van der Waals surface area contributed by atoms with Crippen molar-refractivity contribution >= 4 is 17.4 Å². The van der Waals surface area contributed by atoms with Crippen molar-refractivity contribution in [2.24, 2.45) is 16.3 Å². The molecule has 1 aromatic rings. The van der Waals surface area contributed by atoms with Crippen LogP contribution in [-0.4, -0.2) is 29.0 Å². The van der Waals surface area contributed by atoms with Crippen molar-refractivity contribution in [1.82, 2.24) is 4.90 Å². The second kappa shape index (κ2) is 6.67. The Morgan fingerprint density at radius 1 is 1.38 bits per heavy atom. The summed E-state index contributed by atoms with van der Waals surface area (Å²) in [7, 11) is 0. The maximum atomic E-state index is 8.70. The number of amidine groups is 1. The van der Waals surface area contributed by atoms with Gasteiger partial charge in [-0.2, -0.15) is 0 Å². The first kappa shape index (κ1) is 16.1. The molecular weight excluding hydrogens is 286 g/mol. The molecule has 0 radical (unpaired) electrons. The van der Waals surface area contributed by atoms with Crippen molar-refractivity contribution in [3.05, 3.63) is 34.3 Å². The molecule has 0 spiro atoms. The van der Waals surface area contributed by atoms with Gasteiger partial charge in [-0.25, -0.2) is 0 Å². The Balaban J connectivity index is 2.06. The predicted octanol–water partition coefficient (Wildman–Crippen LogP) is 3.45. The first-order chi connectivity index (χ1) is 9.91. The van der Waals surface area contributed by atoms with Crippen molar-refractivity contribution in [1.29, 1.82) is 0 Å². The minimum Gasteiger partial charge on any atom is -0.409 e. The molecule has 4 nitrogen and oxygen atoms in total. The van der Waals surface area contributed by atoms with Crippen molar-refractivity contribution in [3.8, 4) is 0 Å². The maximum Gasteiger partial charge on any atom is 0.170 e. The van der Waals surface area contributed by atoms with Crippen LogP contribution in [0.1, 0.15) is 44.2 Å². The Labute approximate surface area is 131 Å². The van der Waals surface area contributed by atoms with E-state index in [0.29, 0.717) is 16.0 Å². The number of rotatable bonds is 3. The third kappa shape index (κ3) is 4.35. The number of nitrogens with zero attached hydrogens (tertiary/aromatic N) is 2. The Hall–Kier alpha value is -1.26.